The van der Waals surface area contributed by atoms with Gasteiger partial charge in [-0.1, -0.05) is 11.6 Å². The second-order valence-electron chi connectivity index (χ2n) is 5.14. The molecule has 0 bridgehead atoms. The highest BCUT2D eigenvalue weighted by molar-refractivity contribution is 7.10. The summed E-state index contributed by atoms with van der Waals surface area (Å²) in [5.74, 6) is 0.893. The Hall–Kier alpha value is -0.290. The summed E-state index contributed by atoms with van der Waals surface area (Å²) in [5.41, 5.74) is 0. The smallest absolute Gasteiger partial charge is 0.222 e. The van der Waals surface area contributed by atoms with E-state index in [-0.39, 0.29) is 18.3 Å². The van der Waals surface area contributed by atoms with E-state index >= 15 is 0 Å². The first-order valence-electron chi connectivity index (χ1n) is 6.84. The van der Waals surface area contributed by atoms with Crippen molar-refractivity contribution in [1.82, 2.24) is 10.2 Å². The number of aryl methyl sites for hydroxylation is 1. The van der Waals surface area contributed by atoms with E-state index < -0.39 is 0 Å². The van der Waals surface area contributed by atoms with E-state index in [9.17, 15) is 4.79 Å². The highest BCUT2D eigenvalue weighted by atomic mass is 35.5. The third-order valence-electron chi connectivity index (χ3n) is 3.57. The summed E-state index contributed by atoms with van der Waals surface area (Å²) in [6.07, 6.45) is 3.76. The molecule has 0 radical (unpaired) electrons. The van der Waals surface area contributed by atoms with E-state index in [0.717, 1.165) is 37.5 Å². The van der Waals surface area contributed by atoms with Crippen molar-refractivity contribution < 1.29 is 4.79 Å². The number of halogens is 2. The van der Waals surface area contributed by atoms with Crippen molar-refractivity contribution in [2.75, 3.05) is 26.7 Å². The molecule has 0 aliphatic carbocycles. The van der Waals surface area contributed by atoms with E-state index in [0.29, 0.717) is 12.3 Å². The summed E-state index contributed by atoms with van der Waals surface area (Å²) in [6, 6.07) is 1.96. The zero-order valence-electron chi connectivity index (χ0n) is 11.7. The Bertz CT molecular complexity index is 423. The normalized spacial score (nSPS) is 18.7. The molecule has 6 heteroatoms. The van der Waals surface area contributed by atoms with E-state index in [2.05, 4.69) is 5.32 Å². The van der Waals surface area contributed by atoms with Gasteiger partial charge in [0.2, 0.25) is 5.91 Å². The first-order valence-corrected chi connectivity index (χ1v) is 8.10. The van der Waals surface area contributed by atoms with Crippen LogP contribution in [0.4, 0.5) is 0 Å². The fourth-order valence-electron chi connectivity index (χ4n) is 2.62. The Morgan fingerprint density at radius 3 is 3.05 bits per heavy atom. The lowest BCUT2D eigenvalue weighted by molar-refractivity contribution is -0.132. The number of hydrogen-bond acceptors (Lipinski definition) is 3. The van der Waals surface area contributed by atoms with Gasteiger partial charge in [-0.05, 0) is 44.8 Å². The lowest BCUT2D eigenvalue weighted by atomic mass is 9.97. The van der Waals surface area contributed by atoms with Crippen molar-refractivity contribution in [3.63, 3.8) is 0 Å². The summed E-state index contributed by atoms with van der Waals surface area (Å²) in [6.45, 7) is 2.83. The van der Waals surface area contributed by atoms with Gasteiger partial charge >= 0.3 is 0 Å². The standard InChI is InChI=1S/C14H21ClN2OS.ClH/c1-16-8-11-3-2-6-17(9-11)14(18)5-4-13-7-12(15)10-19-13;/h7,10-11,16H,2-6,8-9H2,1H3;1H. The molecule has 1 aliphatic rings. The second kappa shape index (κ2) is 8.88. The molecule has 1 aromatic rings. The molecule has 1 unspecified atom stereocenters. The first-order chi connectivity index (χ1) is 9.19. The van der Waals surface area contributed by atoms with Gasteiger partial charge in [-0.15, -0.1) is 23.7 Å². The lowest BCUT2D eigenvalue weighted by Gasteiger charge is -2.32. The second-order valence-corrected chi connectivity index (χ2v) is 6.57. The van der Waals surface area contributed by atoms with Gasteiger partial charge in [0.25, 0.3) is 0 Å². The van der Waals surface area contributed by atoms with Gasteiger partial charge < -0.3 is 10.2 Å². The van der Waals surface area contributed by atoms with E-state index in [1.165, 1.54) is 11.3 Å². The van der Waals surface area contributed by atoms with Crippen LogP contribution in [-0.2, 0) is 11.2 Å². The number of hydrogen-bond donors (Lipinski definition) is 1. The van der Waals surface area contributed by atoms with Crippen LogP contribution in [0.15, 0.2) is 11.4 Å². The van der Waals surface area contributed by atoms with Gasteiger partial charge in [-0.25, -0.2) is 0 Å². The van der Waals surface area contributed by atoms with Crippen LogP contribution in [-0.4, -0.2) is 37.5 Å². The number of nitrogens with zero attached hydrogens (tertiary/aromatic N) is 1. The van der Waals surface area contributed by atoms with Crippen molar-refractivity contribution in [2.24, 2.45) is 5.92 Å². The minimum absolute atomic E-state index is 0. The Morgan fingerprint density at radius 1 is 1.60 bits per heavy atom. The molecule has 0 saturated carbocycles. The third-order valence-corrected chi connectivity index (χ3v) is 4.92. The first kappa shape index (κ1) is 17.8. The molecule has 1 N–H and O–H groups in total. The SMILES string of the molecule is CNCC1CCCN(C(=O)CCc2cc(Cl)cs2)C1.Cl. The molecular formula is C14H22Cl2N2OS. The number of nitrogens with one attached hydrogen (secondary N) is 1. The fourth-order valence-corrected chi connectivity index (χ4v) is 3.70. The van der Waals surface area contributed by atoms with Crippen LogP contribution in [0, 0.1) is 5.92 Å². The molecule has 1 aromatic heterocycles. The van der Waals surface area contributed by atoms with Crippen molar-refractivity contribution >= 4 is 41.3 Å². The maximum Gasteiger partial charge on any atom is 0.222 e. The predicted molar refractivity (Wildman–Crippen MR) is 88.1 cm³/mol. The molecule has 0 spiro atoms. The topological polar surface area (TPSA) is 32.3 Å². The Balaban J connectivity index is 0.00000200. The van der Waals surface area contributed by atoms with Crippen LogP contribution < -0.4 is 5.32 Å². The Labute approximate surface area is 136 Å². The molecule has 1 atom stereocenters. The molecule has 1 saturated heterocycles. The van der Waals surface area contributed by atoms with E-state index in [4.69, 9.17) is 11.6 Å². The average Bonchev–Trinajstić information content (AvgIpc) is 2.82. The van der Waals surface area contributed by atoms with Gasteiger partial charge in [0.15, 0.2) is 0 Å². The predicted octanol–water partition coefficient (Wildman–Crippen LogP) is 3.21. The molecule has 0 aromatic carbocycles. The number of carbonyl (C=O) groups excluding carboxylic acids is 1. The molecule has 20 heavy (non-hydrogen) atoms. The zero-order valence-corrected chi connectivity index (χ0v) is 14.1. The number of thiophene rings is 1. The van der Waals surface area contributed by atoms with Crippen LogP contribution in [0.5, 0.6) is 0 Å². The third kappa shape index (κ3) is 5.24. The van der Waals surface area contributed by atoms with Crippen molar-refractivity contribution in [1.29, 1.82) is 0 Å². The molecule has 2 rings (SSSR count). The highest BCUT2D eigenvalue weighted by Gasteiger charge is 2.22. The van der Waals surface area contributed by atoms with Crippen LogP contribution >= 0.6 is 35.3 Å². The van der Waals surface area contributed by atoms with Gasteiger partial charge in [0.1, 0.15) is 0 Å². The highest BCUT2D eigenvalue weighted by Crippen LogP contribution is 2.21. The zero-order chi connectivity index (χ0) is 13.7. The van der Waals surface area contributed by atoms with Crippen molar-refractivity contribution in [3.05, 3.63) is 21.3 Å². The molecule has 2 heterocycles. The Morgan fingerprint density at radius 2 is 2.40 bits per heavy atom. The number of piperidine rings is 1. The molecule has 3 nitrogen and oxygen atoms in total. The van der Waals surface area contributed by atoms with Gasteiger partial charge in [-0.2, -0.15) is 0 Å². The maximum atomic E-state index is 12.2. The molecule has 114 valence electrons. The minimum atomic E-state index is 0. The average molecular weight is 337 g/mol. The molecule has 1 aliphatic heterocycles. The van der Waals surface area contributed by atoms with Gasteiger partial charge in [0.05, 0.1) is 5.02 Å². The summed E-state index contributed by atoms with van der Waals surface area (Å²) in [7, 11) is 1.97. The monoisotopic (exact) mass is 336 g/mol. The van der Waals surface area contributed by atoms with Crippen molar-refractivity contribution in [2.45, 2.75) is 25.7 Å². The van der Waals surface area contributed by atoms with Crippen LogP contribution in [0.3, 0.4) is 0 Å². The molecule has 1 amide bonds. The summed E-state index contributed by atoms with van der Waals surface area (Å²) >= 11 is 7.52. The van der Waals surface area contributed by atoms with Crippen LogP contribution in [0.2, 0.25) is 5.02 Å². The number of carbonyl (C=O) groups is 1. The largest absolute Gasteiger partial charge is 0.342 e. The van der Waals surface area contributed by atoms with Crippen molar-refractivity contribution in [3.8, 4) is 0 Å². The van der Waals surface area contributed by atoms with Crippen LogP contribution in [0.25, 0.3) is 0 Å². The van der Waals surface area contributed by atoms with E-state index in [1.807, 2.05) is 23.4 Å². The Kier molecular flexibility index (Phi) is 7.88. The fraction of sp³-hybridized carbons (Fsp3) is 0.643. The van der Waals surface area contributed by atoms with Crippen LogP contribution in [0.1, 0.15) is 24.1 Å². The van der Waals surface area contributed by atoms with Gasteiger partial charge in [-0.3, -0.25) is 4.79 Å². The molecule has 1 fully saturated rings. The quantitative estimate of drug-likeness (QED) is 0.895. The molecular weight excluding hydrogens is 315 g/mol. The number of likely N-dealkylation sites (tertiary alicyclic amines) is 1. The summed E-state index contributed by atoms with van der Waals surface area (Å²) in [4.78, 5) is 15.4. The van der Waals surface area contributed by atoms with E-state index in [1.54, 1.807) is 11.3 Å². The van der Waals surface area contributed by atoms with Gasteiger partial charge in [0, 0.05) is 29.8 Å². The summed E-state index contributed by atoms with van der Waals surface area (Å²) < 4.78 is 0. The lowest BCUT2D eigenvalue weighted by Crippen LogP contribution is -2.42. The number of amides is 1. The number of rotatable bonds is 5. The minimum Gasteiger partial charge on any atom is -0.342 e. The maximum absolute atomic E-state index is 12.2. The summed E-state index contributed by atoms with van der Waals surface area (Å²) in [5, 5.41) is 5.91.